The van der Waals surface area contributed by atoms with E-state index in [0.717, 1.165) is 18.4 Å². The van der Waals surface area contributed by atoms with Gasteiger partial charge in [-0.2, -0.15) is 0 Å². The Hall–Kier alpha value is -3.43. The molecule has 0 radical (unpaired) electrons. The summed E-state index contributed by atoms with van der Waals surface area (Å²) in [6.45, 7) is 6.93. The van der Waals surface area contributed by atoms with Crippen molar-refractivity contribution in [3.8, 4) is 0 Å². The third-order valence-corrected chi connectivity index (χ3v) is 8.12. The molecule has 3 heterocycles. The molecule has 38 heavy (non-hydrogen) atoms. The zero-order chi connectivity index (χ0) is 27.1. The van der Waals surface area contributed by atoms with Gasteiger partial charge in [0.1, 0.15) is 5.82 Å². The molecule has 0 spiro atoms. The minimum absolute atomic E-state index is 0.0706. The number of Topliss-reactive ketones (excluding diaryl/α,β-unsaturated/α-hetero) is 1. The zero-order valence-electron chi connectivity index (χ0n) is 21.5. The maximum absolute atomic E-state index is 13.7. The summed E-state index contributed by atoms with van der Waals surface area (Å²) in [5.41, 5.74) is 1.91. The van der Waals surface area contributed by atoms with Gasteiger partial charge in [0.15, 0.2) is 0 Å². The highest BCUT2D eigenvalue weighted by molar-refractivity contribution is 6.45. The summed E-state index contributed by atoms with van der Waals surface area (Å²) in [4.78, 5) is 45.1. The molecule has 1 aromatic heterocycles. The van der Waals surface area contributed by atoms with Crippen LogP contribution in [0.3, 0.4) is 0 Å². The Kier molecular flexibility index (Phi) is 7.15. The fourth-order valence-electron chi connectivity index (χ4n) is 5.54. The second-order valence-electron chi connectivity index (χ2n) is 10.2. The van der Waals surface area contributed by atoms with Gasteiger partial charge in [-0.05, 0) is 56.5 Å². The van der Waals surface area contributed by atoms with Gasteiger partial charge in [-0.25, -0.2) is 4.39 Å². The van der Waals surface area contributed by atoms with E-state index >= 15 is 0 Å². The number of rotatable bonds is 5. The van der Waals surface area contributed by atoms with Crippen molar-refractivity contribution >= 4 is 40.1 Å². The lowest BCUT2D eigenvalue weighted by atomic mass is 10.0. The van der Waals surface area contributed by atoms with Crippen molar-refractivity contribution < 1.29 is 18.8 Å². The van der Waals surface area contributed by atoms with Crippen molar-refractivity contribution in [3.63, 3.8) is 0 Å². The van der Waals surface area contributed by atoms with Gasteiger partial charge in [0.05, 0.1) is 21.7 Å². The Morgan fingerprint density at radius 2 is 1.71 bits per heavy atom. The quantitative estimate of drug-likeness (QED) is 0.302. The van der Waals surface area contributed by atoms with Gasteiger partial charge in [0.2, 0.25) is 0 Å². The summed E-state index contributed by atoms with van der Waals surface area (Å²) >= 11 is 6.55. The molecular weight excluding hydrogens is 509 g/mol. The first-order chi connectivity index (χ1) is 18.2. The van der Waals surface area contributed by atoms with Crippen molar-refractivity contribution in [1.29, 1.82) is 0 Å². The number of carbonyl (C=O) groups excluding carboxylic acids is 3. The molecule has 2 aliphatic heterocycles. The summed E-state index contributed by atoms with van der Waals surface area (Å²) in [5.74, 6) is 4.38. The highest BCUT2D eigenvalue weighted by atomic mass is 35.5. The Morgan fingerprint density at radius 1 is 1.03 bits per heavy atom. The Morgan fingerprint density at radius 3 is 2.37 bits per heavy atom. The van der Waals surface area contributed by atoms with Gasteiger partial charge in [-0.15, -0.1) is 0 Å². The molecule has 3 aromatic rings. The highest BCUT2D eigenvalue weighted by Crippen LogP contribution is 2.31. The fourth-order valence-corrected chi connectivity index (χ4v) is 5.78. The first-order valence-electron chi connectivity index (χ1n) is 12.9. The molecule has 2 fully saturated rings. The van der Waals surface area contributed by atoms with Crippen LogP contribution in [0.2, 0.25) is 5.02 Å². The van der Waals surface area contributed by atoms with Gasteiger partial charge in [-0.3, -0.25) is 24.0 Å². The Balaban J connectivity index is 1.38. The molecule has 2 N–H and O–H groups in total. The summed E-state index contributed by atoms with van der Waals surface area (Å²) in [6.07, 6.45) is 3.17. The number of halogens is 2. The molecule has 5 rings (SSSR count). The third kappa shape index (κ3) is 4.76. The van der Waals surface area contributed by atoms with E-state index in [9.17, 15) is 18.8 Å². The lowest BCUT2D eigenvalue weighted by molar-refractivity contribution is -0.125. The number of hydrogen-bond acceptors (Lipinski definition) is 5. The standard InChI is InChI=1S/C28H31ClFN5O3/c1-17-15-33(18(2)19-5-7-20(30)8-6-19)11-12-34(17)27(37)22-13-21-23(16-35(31)25(21)14-24(22)29)26(36)28(38)32-9-3-4-10-32/h5-8,13-14,16-18H,3-4,9-12,15,31H2,1-2H3/t17-,18?/m1/s1. The number of nitrogens with zero attached hydrogens (tertiary/aromatic N) is 4. The van der Waals surface area contributed by atoms with E-state index in [1.807, 2.05) is 6.92 Å². The minimum atomic E-state index is -0.640. The second-order valence-corrected chi connectivity index (χ2v) is 10.6. The fraction of sp³-hybridized carbons (Fsp3) is 0.393. The number of ketones is 1. The Labute approximate surface area is 225 Å². The number of piperazine rings is 1. The predicted molar refractivity (Wildman–Crippen MR) is 144 cm³/mol. The van der Waals surface area contributed by atoms with Gasteiger partial charge in [0.25, 0.3) is 17.6 Å². The van der Waals surface area contributed by atoms with E-state index in [2.05, 4.69) is 11.8 Å². The number of hydrogen-bond donors (Lipinski definition) is 1. The zero-order valence-corrected chi connectivity index (χ0v) is 22.2. The molecule has 0 aliphatic carbocycles. The number of fused-ring (bicyclic) bond motifs is 1. The Bertz CT molecular complexity index is 1400. The summed E-state index contributed by atoms with van der Waals surface area (Å²) in [7, 11) is 0. The van der Waals surface area contributed by atoms with Gasteiger partial charge in [-0.1, -0.05) is 23.7 Å². The molecule has 0 bridgehead atoms. The summed E-state index contributed by atoms with van der Waals surface area (Å²) < 4.78 is 14.6. The lowest BCUT2D eigenvalue weighted by Gasteiger charge is -2.42. The van der Waals surface area contributed by atoms with E-state index in [4.69, 9.17) is 17.4 Å². The molecule has 2 aliphatic rings. The summed E-state index contributed by atoms with van der Waals surface area (Å²) in [5, 5.41) is 0.653. The summed E-state index contributed by atoms with van der Waals surface area (Å²) in [6, 6.07) is 9.60. The van der Waals surface area contributed by atoms with Crippen molar-refractivity contribution in [2.24, 2.45) is 0 Å². The number of likely N-dealkylation sites (tertiary alicyclic amines) is 1. The van der Waals surface area contributed by atoms with Crippen molar-refractivity contribution in [3.05, 3.63) is 70.1 Å². The number of nitrogens with two attached hydrogens (primary N) is 1. The molecule has 2 saturated heterocycles. The van der Waals surface area contributed by atoms with Gasteiger partial charge >= 0.3 is 0 Å². The molecule has 2 amide bonds. The minimum Gasteiger partial charge on any atom is -0.339 e. The average molecular weight is 540 g/mol. The first-order valence-corrected chi connectivity index (χ1v) is 13.3. The molecular formula is C28H31ClFN5O3. The average Bonchev–Trinajstić information content (AvgIpc) is 3.55. The largest absolute Gasteiger partial charge is 0.339 e. The van der Waals surface area contributed by atoms with E-state index in [-0.39, 0.29) is 40.0 Å². The molecule has 8 nitrogen and oxygen atoms in total. The van der Waals surface area contributed by atoms with Crippen LogP contribution in [0.25, 0.3) is 10.9 Å². The smallest absolute Gasteiger partial charge is 0.295 e. The normalized spacial score (nSPS) is 19.2. The molecule has 0 saturated carbocycles. The molecule has 10 heteroatoms. The number of carbonyl (C=O) groups is 3. The predicted octanol–water partition coefficient (Wildman–Crippen LogP) is 3.86. The number of amides is 2. The van der Waals surface area contributed by atoms with Gasteiger partial charge in [0, 0.05) is 56.4 Å². The van der Waals surface area contributed by atoms with Crippen molar-refractivity contribution in [1.82, 2.24) is 19.4 Å². The molecule has 2 atom stereocenters. The maximum Gasteiger partial charge on any atom is 0.295 e. The van der Waals surface area contributed by atoms with Crippen LogP contribution in [0, 0.1) is 5.82 Å². The van der Waals surface area contributed by atoms with E-state index in [0.29, 0.717) is 43.6 Å². The first kappa shape index (κ1) is 26.2. The van der Waals surface area contributed by atoms with E-state index in [1.54, 1.807) is 34.1 Å². The van der Waals surface area contributed by atoms with Crippen LogP contribution in [-0.2, 0) is 4.79 Å². The molecule has 2 aromatic carbocycles. The molecule has 200 valence electrons. The number of nitrogen functional groups attached to an aromatic ring is 1. The van der Waals surface area contributed by atoms with Crippen LogP contribution in [0.4, 0.5) is 4.39 Å². The topological polar surface area (TPSA) is 91.9 Å². The van der Waals surface area contributed by atoms with Crippen molar-refractivity contribution in [2.45, 2.75) is 38.8 Å². The third-order valence-electron chi connectivity index (χ3n) is 7.80. The maximum atomic E-state index is 13.7. The van der Waals surface area contributed by atoms with Crippen molar-refractivity contribution in [2.75, 3.05) is 38.6 Å². The van der Waals surface area contributed by atoms with Gasteiger partial charge < -0.3 is 15.6 Å². The van der Waals surface area contributed by atoms with Crippen LogP contribution in [0.15, 0.2) is 42.6 Å². The lowest BCUT2D eigenvalue weighted by Crippen LogP contribution is -2.54. The van der Waals surface area contributed by atoms with Crippen LogP contribution < -0.4 is 5.84 Å². The monoisotopic (exact) mass is 539 g/mol. The number of benzene rings is 2. The van der Waals surface area contributed by atoms with Crippen LogP contribution >= 0.6 is 11.6 Å². The molecule has 1 unspecified atom stereocenters. The van der Waals surface area contributed by atoms with E-state index in [1.165, 1.54) is 23.0 Å². The van der Waals surface area contributed by atoms with Crippen LogP contribution in [0.1, 0.15) is 59.0 Å². The highest BCUT2D eigenvalue weighted by Gasteiger charge is 2.33. The second kappa shape index (κ2) is 10.4. The van der Waals surface area contributed by atoms with E-state index < -0.39 is 11.7 Å². The van der Waals surface area contributed by atoms with Crippen LogP contribution in [-0.4, -0.2) is 75.7 Å². The van der Waals surface area contributed by atoms with Crippen LogP contribution in [0.5, 0.6) is 0 Å². The number of aromatic nitrogens is 1. The SMILES string of the molecule is CC(c1ccc(F)cc1)N1CCN(C(=O)c2cc3c(C(=O)C(=O)N4CCCC4)cn(N)c3cc2Cl)[C@H](C)C1.